The molecule has 0 bridgehead atoms. The summed E-state index contributed by atoms with van der Waals surface area (Å²) < 4.78 is 1.46. The number of hydrogen-bond donors (Lipinski definition) is 0. The molecule has 148 valence electrons. The van der Waals surface area contributed by atoms with E-state index in [9.17, 15) is 0 Å². The average Bonchev–Trinajstić information content (AvgIpc) is 3.24. The fraction of sp³-hybridized carbons (Fsp3) is 0.462. The first kappa shape index (κ1) is 19.9. The van der Waals surface area contributed by atoms with Gasteiger partial charge in [-0.2, -0.15) is 0 Å². The van der Waals surface area contributed by atoms with Gasteiger partial charge in [0.05, 0.1) is 8.07 Å². The summed E-state index contributed by atoms with van der Waals surface area (Å²) in [5.74, 6) is 0. The first-order valence-corrected chi connectivity index (χ1v) is 14.1. The molecule has 1 heterocycles. The highest BCUT2D eigenvalue weighted by molar-refractivity contribution is 7.20. The van der Waals surface area contributed by atoms with Gasteiger partial charge in [0.15, 0.2) is 0 Å². The molecule has 1 aromatic carbocycles. The summed E-state index contributed by atoms with van der Waals surface area (Å²) >= 11 is 2.08. The SMILES string of the molecule is CC[Si](CC)(C1C(C)=C(C)c2c1sc1ccccc21)C1(C)C=C(C)C(C)=C1C. The Morgan fingerprint density at radius 1 is 0.964 bits per heavy atom. The van der Waals surface area contributed by atoms with Gasteiger partial charge in [-0.25, -0.2) is 0 Å². The van der Waals surface area contributed by atoms with E-state index in [0.29, 0.717) is 5.54 Å². The average molecular weight is 407 g/mol. The summed E-state index contributed by atoms with van der Waals surface area (Å²) in [6.45, 7) is 19.4. The van der Waals surface area contributed by atoms with Crippen LogP contribution in [-0.2, 0) is 0 Å². The number of hydrogen-bond acceptors (Lipinski definition) is 1. The monoisotopic (exact) mass is 406 g/mol. The molecule has 0 amide bonds. The third kappa shape index (κ3) is 2.28. The van der Waals surface area contributed by atoms with Gasteiger partial charge in [0.2, 0.25) is 0 Å². The van der Waals surface area contributed by atoms with Crippen molar-refractivity contribution in [3.8, 4) is 0 Å². The lowest BCUT2D eigenvalue weighted by Crippen LogP contribution is -2.50. The quantitative estimate of drug-likeness (QED) is 0.445. The maximum absolute atomic E-state index is 2.66. The predicted molar refractivity (Wildman–Crippen MR) is 130 cm³/mol. The van der Waals surface area contributed by atoms with Crippen molar-refractivity contribution in [2.45, 2.75) is 78.1 Å². The molecule has 0 N–H and O–H groups in total. The fourth-order valence-electron chi connectivity index (χ4n) is 6.47. The molecule has 0 aliphatic heterocycles. The molecule has 1 aromatic heterocycles. The van der Waals surface area contributed by atoms with E-state index in [1.807, 2.05) is 0 Å². The van der Waals surface area contributed by atoms with E-state index < -0.39 is 8.07 Å². The number of rotatable bonds is 4. The van der Waals surface area contributed by atoms with Gasteiger partial charge >= 0.3 is 0 Å². The summed E-state index contributed by atoms with van der Waals surface area (Å²) in [5, 5.41) is 1.72. The maximum Gasteiger partial charge on any atom is 0.0813 e. The minimum absolute atomic E-state index is 0.245. The van der Waals surface area contributed by atoms with Gasteiger partial charge in [0.25, 0.3) is 0 Å². The fourth-order valence-corrected chi connectivity index (χ4v) is 15.2. The van der Waals surface area contributed by atoms with Crippen molar-refractivity contribution in [2.24, 2.45) is 0 Å². The Hall–Kier alpha value is -1.38. The molecule has 28 heavy (non-hydrogen) atoms. The van der Waals surface area contributed by atoms with E-state index in [1.54, 1.807) is 27.2 Å². The van der Waals surface area contributed by atoms with Crippen molar-refractivity contribution >= 4 is 35.1 Å². The first-order chi connectivity index (χ1) is 13.2. The molecule has 0 fully saturated rings. The summed E-state index contributed by atoms with van der Waals surface area (Å²) in [5.41, 5.74) is 10.1. The van der Waals surface area contributed by atoms with Crippen molar-refractivity contribution in [1.82, 2.24) is 0 Å². The number of thiophene rings is 1. The van der Waals surface area contributed by atoms with Gasteiger partial charge in [-0.15, -0.1) is 11.3 Å². The van der Waals surface area contributed by atoms with Gasteiger partial charge in [-0.3, -0.25) is 0 Å². The number of allylic oxidation sites excluding steroid dienone is 6. The van der Waals surface area contributed by atoms with E-state index in [1.165, 1.54) is 33.3 Å². The molecule has 2 aliphatic carbocycles. The van der Waals surface area contributed by atoms with E-state index in [2.05, 4.69) is 97.1 Å². The van der Waals surface area contributed by atoms with Crippen LogP contribution >= 0.6 is 11.3 Å². The lowest BCUT2D eigenvalue weighted by Gasteiger charge is -2.49. The molecule has 2 atom stereocenters. The van der Waals surface area contributed by atoms with Crippen LogP contribution in [-0.4, -0.2) is 8.07 Å². The molecular formula is C26H34SSi. The van der Waals surface area contributed by atoms with E-state index >= 15 is 0 Å². The number of benzene rings is 1. The van der Waals surface area contributed by atoms with Crippen molar-refractivity contribution in [3.63, 3.8) is 0 Å². The maximum atomic E-state index is 2.66. The summed E-state index contributed by atoms with van der Waals surface area (Å²) in [6, 6.07) is 11.7. The minimum atomic E-state index is -1.75. The van der Waals surface area contributed by atoms with Crippen molar-refractivity contribution in [2.75, 3.05) is 0 Å². The van der Waals surface area contributed by atoms with Gasteiger partial charge < -0.3 is 0 Å². The molecule has 0 saturated carbocycles. The van der Waals surface area contributed by atoms with Crippen LogP contribution < -0.4 is 0 Å². The summed E-state index contributed by atoms with van der Waals surface area (Å²) in [6.07, 6.45) is 2.66. The smallest absolute Gasteiger partial charge is 0.0813 e. The lowest BCUT2D eigenvalue weighted by atomic mass is 10.0. The van der Waals surface area contributed by atoms with Crippen LogP contribution in [0.5, 0.6) is 0 Å². The molecule has 2 aliphatic rings. The Morgan fingerprint density at radius 2 is 1.61 bits per heavy atom. The molecule has 0 radical (unpaired) electrons. The van der Waals surface area contributed by atoms with Crippen LogP contribution in [0.4, 0.5) is 0 Å². The molecule has 0 saturated heterocycles. The van der Waals surface area contributed by atoms with Crippen LogP contribution in [0, 0.1) is 0 Å². The van der Waals surface area contributed by atoms with Gasteiger partial charge in [-0.05, 0) is 57.4 Å². The predicted octanol–water partition coefficient (Wildman–Crippen LogP) is 8.88. The molecule has 0 spiro atoms. The minimum Gasteiger partial charge on any atom is -0.139 e. The second kappa shape index (κ2) is 6.57. The van der Waals surface area contributed by atoms with E-state index in [-0.39, 0.29) is 5.04 Å². The van der Waals surface area contributed by atoms with E-state index in [0.717, 1.165) is 0 Å². The molecule has 2 heteroatoms. The van der Waals surface area contributed by atoms with Crippen LogP contribution in [0.2, 0.25) is 17.1 Å². The standard InChI is InChI=1S/C26H34SSi/c1-9-28(10-2,26(8)15-16(3)17(4)20(26)7)25-19(6)18(5)23-21-13-11-12-14-22(21)27-24(23)25/h11-15,25H,9-10H2,1-8H3. The highest BCUT2D eigenvalue weighted by Crippen LogP contribution is 2.64. The molecule has 2 aromatic rings. The van der Waals surface area contributed by atoms with Crippen LogP contribution in [0.15, 0.2) is 52.6 Å². The Kier molecular flexibility index (Phi) is 4.67. The first-order valence-electron chi connectivity index (χ1n) is 10.8. The van der Waals surface area contributed by atoms with Crippen molar-refractivity contribution in [1.29, 1.82) is 0 Å². The Labute approximate surface area is 176 Å². The molecular weight excluding hydrogens is 372 g/mol. The summed E-state index contributed by atoms with van der Waals surface area (Å²) in [4.78, 5) is 1.68. The van der Waals surface area contributed by atoms with Crippen LogP contribution in [0.1, 0.15) is 71.4 Å². The van der Waals surface area contributed by atoms with Gasteiger partial charge in [-0.1, -0.05) is 73.9 Å². The van der Waals surface area contributed by atoms with Crippen LogP contribution in [0.25, 0.3) is 15.7 Å². The van der Waals surface area contributed by atoms with Crippen LogP contribution in [0.3, 0.4) is 0 Å². The highest BCUT2D eigenvalue weighted by atomic mass is 32.1. The Morgan fingerprint density at radius 3 is 2.18 bits per heavy atom. The summed E-state index contributed by atoms with van der Waals surface area (Å²) in [7, 11) is -1.75. The van der Waals surface area contributed by atoms with Gasteiger partial charge in [0.1, 0.15) is 0 Å². The topological polar surface area (TPSA) is 0 Å². The normalized spacial score (nSPS) is 25.1. The molecule has 0 nitrogen and oxygen atoms in total. The Balaban J connectivity index is 2.02. The molecule has 2 unspecified atom stereocenters. The highest BCUT2D eigenvalue weighted by Gasteiger charge is 2.57. The largest absolute Gasteiger partial charge is 0.139 e. The zero-order valence-corrected chi connectivity index (χ0v) is 20.6. The van der Waals surface area contributed by atoms with Crippen molar-refractivity contribution in [3.05, 3.63) is 63.1 Å². The Bertz CT molecular complexity index is 1060. The zero-order chi connectivity index (χ0) is 20.4. The third-order valence-electron chi connectivity index (χ3n) is 8.57. The number of fused-ring (bicyclic) bond motifs is 3. The van der Waals surface area contributed by atoms with E-state index in [4.69, 9.17) is 0 Å². The van der Waals surface area contributed by atoms with Crippen molar-refractivity contribution < 1.29 is 0 Å². The third-order valence-corrected chi connectivity index (χ3v) is 17.0. The molecule has 4 rings (SSSR count). The second-order valence-corrected chi connectivity index (χ2v) is 15.6. The second-order valence-electron chi connectivity index (χ2n) is 9.22. The lowest BCUT2D eigenvalue weighted by molar-refractivity contribution is 0.787. The zero-order valence-electron chi connectivity index (χ0n) is 18.8. The van der Waals surface area contributed by atoms with Gasteiger partial charge in [0, 0.05) is 25.5 Å².